The Kier molecular flexibility index (Phi) is 9.21. The number of carbonyl (C=O) groups is 5. The SMILES string of the molecule is CCC(C)C=C(C)C=CC1=CC2=C(Cl)C(=O)C(C)(OC(C)=O)C(=O)C2=CN1C(CCC(=O)O)C(=O)O. The molecule has 1 aliphatic heterocycles. The lowest BCUT2D eigenvalue weighted by Crippen LogP contribution is -2.52. The van der Waals surface area contributed by atoms with Crippen LogP contribution >= 0.6 is 11.6 Å². The van der Waals surface area contributed by atoms with Crippen LogP contribution in [0.1, 0.15) is 53.9 Å². The fourth-order valence-electron chi connectivity index (χ4n) is 3.90. The van der Waals surface area contributed by atoms with E-state index in [4.69, 9.17) is 21.4 Å². The Balaban J connectivity index is 2.70. The quantitative estimate of drug-likeness (QED) is 0.250. The summed E-state index contributed by atoms with van der Waals surface area (Å²) in [6.07, 6.45) is 8.27. The van der Waals surface area contributed by atoms with Crippen LogP contribution in [0.25, 0.3) is 0 Å². The lowest BCUT2D eigenvalue weighted by molar-refractivity contribution is -0.167. The molecule has 0 radical (unpaired) electrons. The van der Waals surface area contributed by atoms with Crippen LogP contribution in [0.3, 0.4) is 0 Å². The zero-order chi connectivity index (χ0) is 27.4. The van der Waals surface area contributed by atoms with Gasteiger partial charge in [-0.15, -0.1) is 0 Å². The molecule has 9 nitrogen and oxygen atoms in total. The van der Waals surface area contributed by atoms with E-state index in [1.54, 1.807) is 12.2 Å². The molecular weight excluding hydrogens is 490 g/mol. The van der Waals surface area contributed by atoms with Gasteiger partial charge in [0.15, 0.2) is 0 Å². The fraction of sp³-hybridized carbons (Fsp3) is 0.423. The summed E-state index contributed by atoms with van der Waals surface area (Å²) in [5, 5.41) is 18.7. The molecule has 1 aliphatic carbocycles. The first-order valence-corrected chi connectivity index (χ1v) is 11.8. The molecule has 2 N–H and O–H groups in total. The van der Waals surface area contributed by atoms with Gasteiger partial charge in [0.25, 0.3) is 0 Å². The van der Waals surface area contributed by atoms with Crippen LogP contribution in [0, 0.1) is 5.92 Å². The summed E-state index contributed by atoms with van der Waals surface area (Å²) in [4.78, 5) is 62.4. The van der Waals surface area contributed by atoms with Crippen LogP contribution in [0.2, 0.25) is 0 Å². The number of aliphatic carboxylic acids is 2. The predicted octanol–water partition coefficient (Wildman–Crippen LogP) is 3.90. The van der Waals surface area contributed by atoms with E-state index in [0.717, 1.165) is 25.8 Å². The molecule has 0 fully saturated rings. The van der Waals surface area contributed by atoms with Crippen molar-refractivity contribution >= 4 is 41.1 Å². The van der Waals surface area contributed by atoms with Crippen molar-refractivity contribution in [1.82, 2.24) is 4.90 Å². The molecule has 0 bridgehead atoms. The normalized spacial score (nSPS) is 22.2. The number of Topliss-reactive ketones (excluding diaryl/α,β-unsaturated/α-hetero) is 2. The minimum Gasteiger partial charge on any atom is -0.481 e. The van der Waals surface area contributed by atoms with Crippen molar-refractivity contribution in [2.45, 2.75) is 65.5 Å². The van der Waals surface area contributed by atoms with E-state index in [0.29, 0.717) is 11.6 Å². The highest BCUT2D eigenvalue weighted by molar-refractivity contribution is 6.49. The number of ether oxygens (including phenoxy) is 1. The van der Waals surface area contributed by atoms with E-state index in [2.05, 4.69) is 6.92 Å². The Morgan fingerprint density at radius 2 is 1.83 bits per heavy atom. The maximum absolute atomic E-state index is 13.3. The van der Waals surface area contributed by atoms with Crippen LogP contribution in [0.4, 0.5) is 0 Å². The van der Waals surface area contributed by atoms with Gasteiger partial charge in [-0.25, -0.2) is 4.79 Å². The number of rotatable bonds is 10. The number of fused-ring (bicyclic) bond motifs is 1. The predicted molar refractivity (Wildman–Crippen MR) is 132 cm³/mol. The summed E-state index contributed by atoms with van der Waals surface area (Å²) in [5.74, 6) is -4.79. The van der Waals surface area contributed by atoms with E-state index in [-0.39, 0.29) is 22.6 Å². The van der Waals surface area contributed by atoms with Crippen molar-refractivity contribution in [2.24, 2.45) is 5.92 Å². The van der Waals surface area contributed by atoms with Crippen molar-refractivity contribution < 1.29 is 38.9 Å². The molecule has 0 saturated heterocycles. The number of hydrogen-bond acceptors (Lipinski definition) is 7. The number of allylic oxidation sites excluding steroid dienone is 6. The molecule has 10 heteroatoms. The first kappa shape index (κ1) is 28.8. The molecule has 0 aromatic carbocycles. The molecule has 3 unspecified atom stereocenters. The number of esters is 1. The number of carboxylic acid groups (broad SMARTS) is 2. The molecule has 36 heavy (non-hydrogen) atoms. The Morgan fingerprint density at radius 3 is 2.36 bits per heavy atom. The van der Waals surface area contributed by atoms with E-state index in [1.165, 1.54) is 17.2 Å². The summed E-state index contributed by atoms with van der Waals surface area (Å²) in [6.45, 7) is 8.15. The largest absolute Gasteiger partial charge is 0.481 e. The van der Waals surface area contributed by atoms with E-state index >= 15 is 0 Å². The highest BCUT2D eigenvalue weighted by atomic mass is 35.5. The standard InChI is InChI=1S/C26H30ClNO8/c1-6-14(2)11-15(3)7-8-17-12-18-19(13-28(17)20(25(34)35)9-10-21(30)31)23(32)26(5,36-16(4)29)24(33)22(18)27/h7-8,11-14,20H,6,9-10H2,1-5H3,(H,30,31)(H,34,35). The third kappa shape index (κ3) is 6.20. The maximum Gasteiger partial charge on any atom is 0.326 e. The third-order valence-corrected chi connectivity index (χ3v) is 6.38. The molecule has 194 valence electrons. The van der Waals surface area contributed by atoms with Gasteiger partial charge in [0, 0.05) is 36.4 Å². The Morgan fingerprint density at radius 1 is 1.19 bits per heavy atom. The van der Waals surface area contributed by atoms with E-state index in [9.17, 15) is 29.1 Å². The maximum atomic E-state index is 13.3. The van der Waals surface area contributed by atoms with Crippen molar-refractivity contribution in [2.75, 3.05) is 0 Å². The number of carboxylic acids is 2. The van der Waals surface area contributed by atoms with Crippen LogP contribution in [-0.2, 0) is 28.7 Å². The second-order valence-electron chi connectivity index (χ2n) is 8.95. The van der Waals surface area contributed by atoms with Crippen molar-refractivity contribution in [3.63, 3.8) is 0 Å². The van der Waals surface area contributed by atoms with Gasteiger partial charge in [0.05, 0.1) is 5.03 Å². The minimum absolute atomic E-state index is 0.0677. The minimum atomic E-state index is -2.21. The zero-order valence-corrected chi connectivity index (χ0v) is 21.6. The third-order valence-electron chi connectivity index (χ3n) is 6.00. The topological polar surface area (TPSA) is 138 Å². The van der Waals surface area contributed by atoms with Gasteiger partial charge < -0.3 is 19.8 Å². The van der Waals surface area contributed by atoms with Crippen LogP contribution in [0.15, 0.2) is 58.0 Å². The van der Waals surface area contributed by atoms with Crippen molar-refractivity contribution in [3.05, 3.63) is 58.0 Å². The molecule has 0 aromatic rings. The molecule has 0 spiro atoms. The van der Waals surface area contributed by atoms with Crippen LogP contribution in [-0.4, -0.2) is 56.2 Å². The van der Waals surface area contributed by atoms with Gasteiger partial charge in [-0.3, -0.25) is 19.2 Å². The number of hydrogen-bond donors (Lipinski definition) is 2. The molecule has 3 atom stereocenters. The van der Waals surface area contributed by atoms with Gasteiger partial charge in [-0.1, -0.05) is 49.6 Å². The summed E-state index contributed by atoms with van der Waals surface area (Å²) in [5.41, 5.74) is -1.07. The number of ketones is 2. The first-order chi connectivity index (χ1) is 16.7. The van der Waals surface area contributed by atoms with Gasteiger partial charge >= 0.3 is 17.9 Å². The van der Waals surface area contributed by atoms with Crippen LogP contribution < -0.4 is 0 Å². The van der Waals surface area contributed by atoms with Crippen molar-refractivity contribution in [3.8, 4) is 0 Å². The Labute approximate surface area is 214 Å². The average Bonchev–Trinajstić information content (AvgIpc) is 2.79. The Hall–Kier alpha value is -3.46. The molecule has 2 rings (SSSR count). The van der Waals surface area contributed by atoms with E-state index < -0.39 is 47.5 Å². The highest BCUT2D eigenvalue weighted by Crippen LogP contribution is 2.40. The Bertz CT molecular complexity index is 1140. The second kappa shape index (κ2) is 11.5. The van der Waals surface area contributed by atoms with Gasteiger partial charge in [0.1, 0.15) is 6.04 Å². The molecule has 1 heterocycles. The van der Waals surface area contributed by atoms with Crippen LogP contribution in [0.5, 0.6) is 0 Å². The monoisotopic (exact) mass is 519 g/mol. The molecule has 2 aliphatic rings. The summed E-state index contributed by atoms with van der Waals surface area (Å²) >= 11 is 6.34. The number of halogens is 1. The lowest BCUT2D eigenvalue weighted by Gasteiger charge is -2.37. The second-order valence-corrected chi connectivity index (χ2v) is 9.33. The first-order valence-electron chi connectivity index (χ1n) is 11.4. The molecule has 0 aromatic heterocycles. The summed E-state index contributed by atoms with van der Waals surface area (Å²) in [7, 11) is 0. The molecular formula is C26H30ClNO8. The summed E-state index contributed by atoms with van der Waals surface area (Å²) in [6, 6.07) is -1.34. The van der Waals surface area contributed by atoms with Crippen molar-refractivity contribution in [1.29, 1.82) is 0 Å². The lowest BCUT2D eigenvalue weighted by atomic mass is 9.79. The molecule has 0 amide bonds. The highest BCUT2D eigenvalue weighted by Gasteiger charge is 2.52. The number of carbonyl (C=O) groups excluding carboxylic acids is 3. The average molecular weight is 520 g/mol. The van der Waals surface area contributed by atoms with Gasteiger partial charge in [0.2, 0.25) is 17.2 Å². The van der Waals surface area contributed by atoms with E-state index in [1.807, 2.05) is 19.9 Å². The fourth-order valence-corrected chi connectivity index (χ4v) is 4.24. The zero-order valence-electron chi connectivity index (χ0n) is 20.8. The molecule has 0 saturated carbocycles. The summed E-state index contributed by atoms with van der Waals surface area (Å²) < 4.78 is 5.05. The number of nitrogens with zero attached hydrogens (tertiary/aromatic N) is 1. The van der Waals surface area contributed by atoms with Gasteiger partial charge in [-0.05, 0) is 38.3 Å². The smallest absolute Gasteiger partial charge is 0.326 e. The van der Waals surface area contributed by atoms with Gasteiger partial charge in [-0.2, -0.15) is 0 Å².